The second-order valence-corrected chi connectivity index (χ2v) is 4.94. The summed E-state index contributed by atoms with van der Waals surface area (Å²) in [6.45, 7) is 2.81. The van der Waals surface area contributed by atoms with Crippen molar-refractivity contribution in [3.05, 3.63) is 42.7 Å². The predicted molar refractivity (Wildman–Crippen MR) is 76.1 cm³/mol. The molecule has 0 radical (unpaired) electrons. The van der Waals surface area contributed by atoms with Crippen LogP contribution in [-0.4, -0.2) is 39.1 Å². The molecule has 1 N–H and O–H groups in total. The standard InChI is InChI=1S/C14H18N6/c1-4-17-14(18-5-1)20-6-2-13(3-7-20)19-10-12-8-15-11-16-9-12/h1,4-5,8-9,11,13,19H,2-3,6-7,10H2. The van der Waals surface area contributed by atoms with Crippen molar-refractivity contribution in [1.29, 1.82) is 0 Å². The highest BCUT2D eigenvalue weighted by Crippen LogP contribution is 2.15. The van der Waals surface area contributed by atoms with Crippen LogP contribution in [0.3, 0.4) is 0 Å². The molecule has 1 aliphatic heterocycles. The predicted octanol–water partition coefficient (Wildman–Crippen LogP) is 1.03. The fourth-order valence-corrected chi connectivity index (χ4v) is 2.42. The summed E-state index contributed by atoms with van der Waals surface area (Å²) in [5.41, 5.74) is 1.13. The first-order valence-corrected chi connectivity index (χ1v) is 6.91. The van der Waals surface area contributed by atoms with Crippen molar-refractivity contribution >= 4 is 5.95 Å². The topological polar surface area (TPSA) is 66.8 Å². The number of hydrogen-bond donors (Lipinski definition) is 1. The molecule has 0 unspecified atom stereocenters. The van der Waals surface area contributed by atoms with E-state index in [1.165, 1.54) is 0 Å². The number of rotatable bonds is 4. The van der Waals surface area contributed by atoms with Gasteiger partial charge in [-0.15, -0.1) is 0 Å². The zero-order valence-corrected chi connectivity index (χ0v) is 11.3. The Morgan fingerprint density at radius 2 is 1.80 bits per heavy atom. The van der Waals surface area contributed by atoms with E-state index in [9.17, 15) is 0 Å². The molecule has 3 rings (SSSR count). The van der Waals surface area contributed by atoms with E-state index in [0.29, 0.717) is 6.04 Å². The Morgan fingerprint density at radius 1 is 1.10 bits per heavy atom. The fourth-order valence-electron chi connectivity index (χ4n) is 2.42. The summed E-state index contributed by atoms with van der Waals surface area (Å²) >= 11 is 0. The van der Waals surface area contributed by atoms with Gasteiger partial charge in [-0.1, -0.05) is 0 Å². The van der Waals surface area contributed by atoms with E-state index < -0.39 is 0 Å². The first kappa shape index (κ1) is 12.9. The minimum Gasteiger partial charge on any atom is -0.341 e. The molecule has 6 heteroatoms. The third-order valence-electron chi connectivity index (χ3n) is 3.54. The number of anilines is 1. The van der Waals surface area contributed by atoms with Crippen molar-refractivity contribution in [2.45, 2.75) is 25.4 Å². The number of hydrogen-bond acceptors (Lipinski definition) is 6. The maximum absolute atomic E-state index is 4.30. The van der Waals surface area contributed by atoms with E-state index in [0.717, 1.165) is 44.0 Å². The van der Waals surface area contributed by atoms with E-state index in [2.05, 4.69) is 30.2 Å². The Hall–Kier alpha value is -2.08. The van der Waals surface area contributed by atoms with Gasteiger partial charge >= 0.3 is 0 Å². The molecular weight excluding hydrogens is 252 g/mol. The summed E-state index contributed by atoms with van der Waals surface area (Å²) in [6.07, 6.45) is 11.1. The third-order valence-corrected chi connectivity index (χ3v) is 3.54. The molecule has 0 spiro atoms. The summed E-state index contributed by atoms with van der Waals surface area (Å²) < 4.78 is 0. The molecular formula is C14H18N6. The van der Waals surface area contributed by atoms with Crippen LogP contribution in [0.15, 0.2) is 37.2 Å². The Bertz CT molecular complexity index is 510. The molecule has 20 heavy (non-hydrogen) atoms. The minimum absolute atomic E-state index is 0.537. The maximum Gasteiger partial charge on any atom is 0.225 e. The molecule has 6 nitrogen and oxygen atoms in total. The van der Waals surface area contributed by atoms with Crippen molar-refractivity contribution in [1.82, 2.24) is 25.3 Å². The van der Waals surface area contributed by atoms with Crippen LogP contribution in [0.25, 0.3) is 0 Å². The van der Waals surface area contributed by atoms with Crippen molar-refractivity contribution in [2.24, 2.45) is 0 Å². The van der Waals surface area contributed by atoms with E-state index in [-0.39, 0.29) is 0 Å². The average Bonchev–Trinajstić information content (AvgIpc) is 2.55. The molecule has 0 aliphatic carbocycles. The Balaban J connectivity index is 1.47. The number of nitrogens with one attached hydrogen (secondary N) is 1. The lowest BCUT2D eigenvalue weighted by Gasteiger charge is -2.32. The van der Waals surface area contributed by atoms with Crippen molar-refractivity contribution in [3.8, 4) is 0 Å². The lowest BCUT2D eigenvalue weighted by Crippen LogP contribution is -2.42. The Kier molecular flexibility index (Phi) is 4.13. The second-order valence-electron chi connectivity index (χ2n) is 4.94. The summed E-state index contributed by atoms with van der Waals surface area (Å²) in [5, 5.41) is 3.56. The molecule has 2 aromatic heterocycles. The molecule has 0 aromatic carbocycles. The van der Waals surface area contributed by atoms with Crippen molar-refractivity contribution < 1.29 is 0 Å². The highest BCUT2D eigenvalue weighted by Gasteiger charge is 2.20. The maximum atomic E-state index is 4.30. The van der Waals surface area contributed by atoms with Gasteiger partial charge in [0.1, 0.15) is 6.33 Å². The molecule has 3 heterocycles. The fraction of sp³-hybridized carbons (Fsp3) is 0.429. The SMILES string of the molecule is c1cnc(N2CCC(NCc3cncnc3)CC2)nc1. The monoisotopic (exact) mass is 270 g/mol. The van der Waals surface area contributed by atoms with Gasteiger partial charge in [-0.25, -0.2) is 19.9 Å². The van der Waals surface area contributed by atoms with Crippen LogP contribution in [0, 0.1) is 0 Å². The van der Waals surface area contributed by atoms with Gasteiger partial charge in [-0.3, -0.25) is 0 Å². The van der Waals surface area contributed by atoms with Crippen LogP contribution in [0.1, 0.15) is 18.4 Å². The molecule has 2 aromatic rings. The number of nitrogens with zero attached hydrogens (tertiary/aromatic N) is 5. The van der Waals surface area contributed by atoms with E-state index >= 15 is 0 Å². The zero-order valence-electron chi connectivity index (χ0n) is 11.3. The average molecular weight is 270 g/mol. The first-order chi connectivity index (χ1) is 9.92. The first-order valence-electron chi connectivity index (χ1n) is 6.91. The highest BCUT2D eigenvalue weighted by molar-refractivity contribution is 5.29. The third kappa shape index (κ3) is 3.27. The van der Waals surface area contributed by atoms with E-state index in [4.69, 9.17) is 0 Å². The highest BCUT2D eigenvalue weighted by atomic mass is 15.3. The van der Waals surface area contributed by atoms with Gasteiger partial charge in [-0.2, -0.15) is 0 Å². The Morgan fingerprint density at radius 3 is 2.50 bits per heavy atom. The van der Waals surface area contributed by atoms with Crippen LogP contribution in [-0.2, 0) is 6.54 Å². The second kappa shape index (κ2) is 6.38. The Labute approximate surface area is 118 Å². The molecule has 0 bridgehead atoms. The van der Waals surface area contributed by atoms with Gasteiger partial charge in [-0.05, 0) is 18.9 Å². The van der Waals surface area contributed by atoms with Gasteiger partial charge in [0.05, 0.1) is 0 Å². The smallest absolute Gasteiger partial charge is 0.225 e. The lowest BCUT2D eigenvalue weighted by molar-refractivity contribution is 0.411. The van der Waals surface area contributed by atoms with Crippen LogP contribution in [0.2, 0.25) is 0 Å². The molecule has 0 atom stereocenters. The molecule has 1 saturated heterocycles. The molecule has 1 aliphatic rings. The molecule has 104 valence electrons. The van der Waals surface area contributed by atoms with Crippen molar-refractivity contribution in [3.63, 3.8) is 0 Å². The largest absolute Gasteiger partial charge is 0.341 e. The quantitative estimate of drug-likeness (QED) is 0.895. The molecule has 0 amide bonds. The van der Waals surface area contributed by atoms with Crippen LogP contribution < -0.4 is 10.2 Å². The zero-order chi connectivity index (χ0) is 13.6. The van der Waals surface area contributed by atoms with Crippen LogP contribution in [0.5, 0.6) is 0 Å². The van der Waals surface area contributed by atoms with Gasteiger partial charge in [0.15, 0.2) is 0 Å². The van der Waals surface area contributed by atoms with E-state index in [1.807, 2.05) is 18.5 Å². The normalized spacial score (nSPS) is 16.3. The lowest BCUT2D eigenvalue weighted by atomic mass is 10.1. The van der Waals surface area contributed by atoms with E-state index in [1.54, 1.807) is 18.7 Å². The summed E-state index contributed by atoms with van der Waals surface area (Å²) in [7, 11) is 0. The molecule has 0 saturated carbocycles. The number of aromatic nitrogens is 4. The minimum atomic E-state index is 0.537. The van der Waals surface area contributed by atoms with Gasteiger partial charge in [0, 0.05) is 56.0 Å². The summed E-state index contributed by atoms with van der Waals surface area (Å²) in [5.74, 6) is 0.836. The molecule has 1 fully saturated rings. The van der Waals surface area contributed by atoms with Gasteiger partial charge in [0.25, 0.3) is 0 Å². The summed E-state index contributed by atoms with van der Waals surface area (Å²) in [4.78, 5) is 18.9. The van der Waals surface area contributed by atoms with Gasteiger partial charge < -0.3 is 10.2 Å². The van der Waals surface area contributed by atoms with Crippen LogP contribution in [0.4, 0.5) is 5.95 Å². The summed E-state index contributed by atoms with van der Waals surface area (Å²) in [6, 6.07) is 2.38. The van der Waals surface area contributed by atoms with Gasteiger partial charge in [0.2, 0.25) is 5.95 Å². The van der Waals surface area contributed by atoms with Crippen molar-refractivity contribution in [2.75, 3.05) is 18.0 Å². The van der Waals surface area contributed by atoms with Crippen LogP contribution >= 0.6 is 0 Å². The number of piperidine rings is 1.